The molecule has 148 valence electrons. The molecule has 1 saturated carbocycles. The number of carboxylic acid groups (broad SMARTS) is 1. The molecule has 1 aliphatic carbocycles. The number of aromatic nitrogens is 2. The second-order valence-corrected chi connectivity index (χ2v) is 7.08. The van der Waals surface area contributed by atoms with Gasteiger partial charge in [0, 0.05) is 18.2 Å². The van der Waals surface area contributed by atoms with E-state index >= 15 is 0 Å². The zero-order valence-electron chi connectivity index (χ0n) is 16.0. The van der Waals surface area contributed by atoms with Crippen molar-refractivity contribution in [1.82, 2.24) is 15.3 Å². The van der Waals surface area contributed by atoms with Gasteiger partial charge in [0.05, 0.1) is 11.4 Å². The van der Waals surface area contributed by atoms with E-state index in [0.717, 1.165) is 35.5 Å². The maximum atomic E-state index is 11.9. The van der Waals surface area contributed by atoms with Crippen molar-refractivity contribution in [2.45, 2.75) is 44.9 Å². The van der Waals surface area contributed by atoms with Gasteiger partial charge in [-0.3, -0.25) is 4.79 Å². The summed E-state index contributed by atoms with van der Waals surface area (Å²) >= 11 is 0. The minimum absolute atomic E-state index is 0.0102. The van der Waals surface area contributed by atoms with Crippen LogP contribution in [-0.4, -0.2) is 33.6 Å². The molecular weight excluding hydrogens is 358 g/mol. The van der Waals surface area contributed by atoms with Gasteiger partial charge in [-0.25, -0.2) is 14.8 Å². The lowest BCUT2D eigenvalue weighted by Gasteiger charge is -2.16. The summed E-state index contributed by atoms with van der Waals surface area (Å²) in [4.78, 5) is 31.8. The Hall–Kier alpha value is -3.16. The summed E-state index contributed by atoms with van der Waals surface area (Å²) < 4.78 is 0. The molecule has 0 spiro atoms. The summed E-state index contributed by atoms with van der Waals surface area (Å²) in [6.07, 6.45) is 1.82. The molecule has 1 aromatic heterocycles. The average molecular weight is 383 g/mol. The van der Waals surface area contributed by atoms with E-state index in [1.807, 2.05) is 38.1 Å². The van der Waals surface area contributed by atoms with Crippen LogP contribution in [0.1, 0.15) is 66.0 Å². The molecule has 3 rings (SSSR count). The molecule has 2 aromatic rings. The van der Waals surface area contributed by atoms with E-state index in [-0.39, 0.29) is 11.6 Å². The summed E-state index contributed by atoms with van der Waals surface area (Å²) in [6, 6.07) is 7.56. The molecule has 1 aromatic carbocycles. The monoisotopic (exact) mass is 383 g/mol. The topological polar surface area (TPSA) is 130 Å². The van der Waals surface area contributed by atoms with Crippen LogP contribution in [-0.2, 0) is 6.42 Å². The molecule has 0 saturated heterocycles. The van der Waals surface area contributed by atoms with Gasteiger partial charge in [0.1, 0.15) is 0 Å². The summed E-state index contributed by atoms with van der Waals surface area (Å²) in [5.41, 5.74) is 9.12. The number of nitrogens with one attached hydrogen (secondary N) is 2. The lowest BCUT2D eigenvalue weighted by Crippen LogP contribution is -2.25. The first-order valence-electron chi connectivity index (χ1n) is 9.43. The lowest BCUT2D eigenvalue weighted by molar-refractivity contribution is 0.0995. The van der Waals surface area contributed by atoms with E-state index in [9.17, 15) is 9.59 Å². The van der Waals surface area contributed by atoms with Crippen molar-refractivity contribution in [1.29, 1.82) is 0 Å². The van der Waals surface area contributed by atoms with Crippen molar-refractivity contribution in [2.24, 2.45) is 5.73 Å². The van der Waals surface area contributed by atoms with Gasteiger partial charge in [0.2, 0.25) is 0 Å². The lowest BCUT2D eigenvalue weighted by atomic mass is 10.0. The third-order valence-electron chi connectivity index (χ3n) is 4.81. The number of rotatable bonds is 8. The van der Waals surface area contributed by atoms with E-state index in [1.54, 1.807) is 0 Å². The van der Waals surface area contributed by atoms with Crippen LogP contribution in [0.4, 0.5) is 16.3 Å². The first-order valence-corrected chi connectivity index (χ1v) is 9.43. The number of carbonyl (C=O) groups is 2. The summed E-state index contributed by atoms with van der Waals surface area (Å²) in [5.74, 6) is 0.129. The zero-order valence-corrected chi connectivity index (χ0v) is 16.0. The minimum atomic E-state index is -1.05. The Morgan fingerprint density at radius 1 is 1.32 bits per heavy atom. The largest absolute Gasteiger partial charge is 0.465 e. The molecule has 0 bridgehead atoms. The van der Waals surface area contributed by atoms with Gasteiger partial charge >= 0.3 is 6.09 Å². The second kappa shape index (κ2) is 8.24. The number of hydrogen-bond acceptors (Lipinski definition) is 5. The number of anilines is 2. The number of carbonyl (C=O) groups excluding carboxylic acids is 1. The van der Waals surface area contributed by atoms with Crippen molar-refractivity contribution >= 4 is 23.5 Å². The normalized spacial score (nSPS) is 14.4. The van der Waals surface area contributed by atoms with Gasteiger partial charge in [0.15, 0.2) is 11.5 Å². The highest BCUT2D eigenvalue weighted by Crippen LogP contribution is 2.41. The van der Waals surface area contributed by atoms with Crippen LogP contribution in [0.25, 0.3) is 0 Å². The first-order chi connectivity index (χ1) is 13.4. The molecular formula is C20H25N5O3. The van der Waals surface area contributed by atoms with Crippen molar-refractivity contribution in [3.8, 4) is 0 Å². The van der Waals surface area contributed by atoms with E-state index in [0.29, 0.717) is 24.7 Å². The molecule has 28 heavy (non-hydrogen) atoms. The van der Waals surface area contributed by atoms with Gasteiger partial charge in [0.25, 0.3) is 5.91 Å². The molecule has 1 atom stereocenters. The Morgan fingerprint density at radius 3 is 2.68 bits per heavy atom. The number of hydrogen-bond donors (Lipinski definition) is 4. The van der Waals surface area contributed by atoms with Crippen molar-refractivity contribution < 1.29 is 14.7 Å². The molecule has 1 unspecified atom stereocenters. The van der Waals surface area contributed by atoms with Gasteiger partial charge in [-0.05, 0) is 42.9 Å². The SMILES string of the molecule is CCc1nc(C(N)=O)c(Nc2cccc(C(C)CNC(=O)O)c2)nc1C1CC1. The van der Waals surface area contributed by atoms with Crippen LogP contribution in [0.3, 0.4) is 0 Å². The van der Waals surface area contributed by atoms with Crippen molar-refractivity contribution in [3.05, 3.63) is 46.9 Å². The number of nitrogens with zero attached hydrogens (tertiary/aromatic N) is 2. The van der Waals surface area contributed by atoms with Crippen molar-refractivity contribution in [2.75, 3.05) is 11.9 Å². The highest BCUT2D eigenvalue weighted by atomic mass is 16.4. The summed E-state index contributed by atoms with van der Waals surface area (Å²) in [5, 5.41) is 14.3. The van der Waals surface area contributed by atoms with Crippen molar-refractivity contribution in [3.63, 3.8) is 0 Å². The van der Waals surface area contributed by atoms with E-state index in [1.165, 1.54) is 0 Å². The Labute approximate surface area is 163 Å². The highest BCUT2D eigenvalue weighted by molar-refractivity contribution is 5.96. The fourth-order valence-electron chi connectivity index (χ4n) is 3.10. The van der Waals surface area contributed by atoms with Crippen LogP contribution >= 0.6 is 0 Å². The third-order valence-corrected chi connectivity index (χ3v) is 4.81. The van der Waals surface area contributed by atoms with E-state index in [4.69, 9.17) is 15.8 Å². The Kier molecular flexibility index (Phi) is 5.77. The Morgan fingerprint density at radius 2 is 2.07 bits per heavy atom. The predicted molar refractivity (Wildman–Crippen MR) is 106 cm³/mol. The third kappa shape index (κ3) is 4.57. The average Bonchev–Trinajstić information content (AvgIpc) is 3.51. The zero-order chi connectivity index (χ0) is 20.3. The molecule has 5 N–H and O–H groups in total. The second-order valence-electron chi connectivity index (χ2n) is 7.08. The fourth-order valence-corrected chi connectivity index (χ4v) is 3.10. The van der Waals surface area contributed by atoms with Gasteiger partial charge in [-0.1, -0.05) is 26.0 Å². The quantitative estimate of drug-likeness (QED) is 0.554. The highest BCUT2D eigenvalue weighted by Gasteiger charge is 2.30. The molecule has 0 radical (unpaired) electrons. The Balaban J connectivity index is 1.88. The van der Waals surface area contributed by atoms with Crippen LogP contribution < -0.4 is 16.4 Å². The van der Waals surface area contributed by atoms with E-state index < -0.39 is 12.0 Å². The standard InChI is InChI=1S/C20H25N5O3/c1-3-15-16(12-7-8-12)25-19(17(24-15)18(21)26)23-14-6-4-5-13(9-14)11(2)10-22-20(27)28/h4-6,9,11-12,22H,3,7-8,10H2,1-2H3,(H2,21,26)(H,23,25)(H,27,28). The first kappa shape index (κ1) is 19.6. The van der Waals surface area contributed by atoms with Crippen LogP contribution in [0.15, 0.2) is 24.3 Å². The molecule has 1 fully saturated rings. The number of aryl methyl sites for hydroxylation is 1. The summed E-state index contributed by atoms with van der Waals surface area (Å²) in [6.45, 7) is 4.23. The molecule has 8 heteroatoms. The molecule has 2 amide bonds. The maximum Gasteiger partial charge on any atom is 0.404 e. The smallest absolute Gasteiger partial charge is 0.404 e. The molecule has 1 aliphatic rings. The molecule has 8 nitrogen and oxygen atoms in total. The minimum Gasteiger partial charge on any atom is -0.465 e. The van der Waals surface area contributed by atoms with Gasteiger partial charge in [-0.15, -0.1) is 0 Å². The number of amides is 2. The number of nitrogens with two attached hydrogens (primary N) is 1. The molecule has 1 heterocycles. The molecule has 0 aliphatic heterocycles. The number of benzene rings is 1. The van der Waals surface area contributed by atoms with Crippen LogP contribution in [0, 0.1) is 0 Å². The predicted octanol–water partition coefficient (Wildman–Crippen LogP) is 3.13. The van der Waals surface area contributed by atoms with Gasteiger partial charge in [-0.2, -0.15) is 0 Å². The maximum absolute atomic E-state index is 11.9. The summed E-state index contributed by atoms with van der Waals surface area (Å²) in [7, 11) is 0. The fraction of sp³-hybridized carbons (Fsp3) is 0.400. The van der Waals surface area contributed by atoms with Crippen LogP contribution in [0.2, 0.25) is 0 Å². The van der Waals surface area contributed by atoms with E-state index in [2.05, 4.69) is 15.6 Å². The number of primary amides is 1. The van der Waals surface area contributed by atoms with Crippen LogP contribution in [0.5, 0.6) is 0 Å². The Bertz CT molecular complexity index is 895. The van der Waals surface area contributed by atoms with Gasteiger partial charge < -0.3 is 21.5 Å².